The van der Waals surface area contributed by atoms with Crippen LogP contribution in [0.1, 0.15) is 41.5 Å². The van der Waals surface area contributed by atoms with Gasteiger partial charge in [-0.3, -0.25) is 19.4 Å². The number of likely N-dealkylation sites (N-methyl/N-ethyl adjacent to an activating group) is 1. The van der Waals surface area contributed by atoms with Gasteiger partial charge in [-0.05, 0) is 49.7 Å². The second-order valence-corrected chi connectivity index (χ2v) is 6.53. The summed E-state index contributed by atoms with van der Waals surface area (Å²) >= 11 is 0. The number of carbonyl (C=O) groups is 2. The van der Waals surface area contributed by atoms with E-state index in [1.165, 1.54) is 4.90 Å². The van der Waals surface area contributed by atoms with E-state index in [0.717, 1.165) is 18.5 Å². The number of nitrogens with zero attached hydrogens (tertiary/aromatic N) is 2. The van der Waals surface area contributed by atoms with E-state index >= 15 is 0 Å². The first-order chi connectivity index (χ1) is 11.9. The molecule has 0 saturated carbocycles. The summed E-state index contributed by atoms with van der Waals surface area (Å²) < 4.78 is 0. The minimum atomic E-state index is -0.293. The number of nitrogen functional groups attached to an aromatic ring is 2. The molecule has 1 aliphatic heterocycles. The number of amides is 2. The van der Waals surface area contributed by atoms with Crippen LogP contribution in [0.15, 0.2) is 24.3 Å². The fourth-order valence-corrected chi connectivity index (χ4v) is 3.68. The van der Waals surface area contributed by atoms with E-state index in [2.05, 4.69) is 18.7 Å². The van der Waals surface area contributed by atoms with Gasteiger partial charge in [0, 0.05) is 29.3 Å². The predicted octanol–water partition coefficient (Wildman–Crippen LogP) is 2.33. The molecule has 0 aromatic heterocycles. The summed E-state index contributed by atoms with van der Waals surface area (Å²) in [4.78, 5) is 29.5. The highest BCUT2D eigenvalue weighted by atomic mass is 16.2. The lowest BCUT2D eigenvalue weighted by Crippen LogP contribution is -2.48. The first-order valence-corrected chi connectivity index (χ1v) is 8.60. The molecule has 2 aromatic carbocycles. The number of hydrogen-bond donors (Lipinski definition) is 2. The molecule has 0 radical (unpaired) electrons. The van der Waals surface area contributed by atoms with Crippen LogP contribution < -0.4 is 11.5 Å². The fraction of sp³-hybridized carbons (Fsp3) is 0.368. The second kappa shape index (κ2) is 6.37. The summed E-state index contributed by atoms with van der Waals surface area (Å²) in [6, 6.07) is 6.85. The Morgan fingerprint density at radius 2 is 1.44 bits per heavy atom. The Hall–Kier alpha value is -2.60. The molecule has 1 unspecified atom stereocenters. The number of benzene rings is 2. The Morgan fingerprint density at radius 1 is 0.960 bits per heavy atom. The van der Waals surface area contributed by atoms with E-state index in [0.29, 0.717) is 34.4 Å². The van der Waals surface area contributed by atoms with Gasteiger partial charge in [0.2, 0.25) is 0 Å². The lowest BCUT2D eigenvalue weighted by Gasteiger charge is -2.33. The maximum absolute atomic E-state index is 13.0. The fourth-order valence-electron chi connectivity index (χ4n) is 3.68. The first-order valence-electron chi connectivity index (χ1n) is 8.60. The Bertz CT molecular complexity index is 801. The third kappa shape index (κ3) is 2.82. The average Bonchev–Trinajstić information content (AvgIpc) is 2.56. The van der Waals surface area contributed by atoms with Crippen molar-refractivity contribution in [3.63, 3.8) is 0 Å². The number of carbonyl (C=O) groups excluding carboxylic acids is 2. The van der Waals surface area contributed by atoms with E-state index in [1.807, 2.05) is 6.92 Å². The zero-order valence-electron chi connectivity index (χ0n) is 14.9. The molecule has 3 rings (SSSR count). The van der Waals surface area contributed by atoms with E-state index in [1.54, 1.807) is 24.3 Å². The molecule has 6 heteroatoms. The van der Waals surface area contributed by atoms with Crippen LogP contribution in [0, 0.1) is 0 Å². The Morgan fingerprint density at radius 3 is 1.88 bits per heavy atom. The van der Waals surface area contributed by atoms with Crippen LogP contribution in [0.3, 0.4) is 0 Å². The standard InChI is InChI=1S/C19H24N4O2/c1-4-22(5-2)11(3)10-23-18(24)15-8-13(20)6-12-7-14(21)9-16(17(12)15)19(23)25/h6-9,11H,4-5,10,20-21H2,1-3H3. The maximum atomic E-state index is 13.0. The molecular formula is C19H24N4O2. The largest absolute Gasteiger partial charge is 0.399 e. The highest BCUT2D eigenvalue weighted by Gasteiger charge is 2.34. The number of anilines is 2. The quantitative estimate of drug-likeness (QED) is 0.644. The molecule has 0 bridgehead atoms. The van der Waals surface area contributed by atoms with E-state index in [4.69, 9.17) is 11.5 Å². The molecule has 1 heterocycles. The van der Waals surface area contributed by atoms with Crippen LogP contribution in [0.25, 0.3) is 10.8 Å². The van der Waals surface area contributed by atoms with Gasteiger partial charge in [-0.2, -0.15) is 0 Å². The molecule has 25 heavy (non-hydrogen) atoms. The number of nitrogens with two attached hydrogens (primary N) is 2. The summed E-state index contributed by atoms with van der Waals surface area (Å²) in [6.07, 6.45) is 0. The van der Waals surface area contributed by atoms with Crippen LogP contribution in [0.2, 0.25) is 0 Å². The van der Waals surface area contributed by atoms with E-state index < -0.39 is 0 Å². The van der Waals surface area contributed by atoms with Gasteiger partial charge in [0.25, 0.3) is 11.8 Å². The Kier molecular flexibility index (Phi) is 4.39. The predicted molar refractivity (Wildman–Crippen MR) is 101 cm³/mol. The van der Waals surface area contributed by atoms with Crippen molar-refractivity contribution in [2.45, 2.75) is 26.8 Å². The number of imide groups is 1. The van der Waals surface area contributed by atoms with Gasteiger partial charge < -0.3 is 11.5 Å². The molecule has 1 aliphatic rings. The molecule has 132 valence electrons. The van der Waals surface area contributed by atoms with Crippen LogP contribution in [0.5, 0.6) is 0 Å². The molecule has 0 spiro atoms. The summed E-state index contributed by atoms with van der Waals surface area (Å²) in [7, 11) is 0. The zero-order chi connectivity index (χ0) is 18.3. The van der Waals surface area contributed by atoms with Gasteiger partial charge in [0.05, 0.1) is 11.1 Å². The molecule has 2 aromatic rings. The lowest BCUT2D eigenvalue weighted by molar-refractivity contribution is 0.0558. The van der Waals surface area contributed by atoms with Crippen molar-refractivity contribution < 1.29 is 9.59 Å². The van der Waals surface area contributed by atoms with E-state index in [-0.39, 0.29) is 17.9 Å². The van der Waals surface area contributed by atoms with Gasteiger partial charge in [-0.15, -0.1) is 0 Å². The van der Waals surface area contributed by atoms with Crippen LogP contribution >= 0.6 is 0 Å². The van der Waals surface area contributed by atoms with Crippen molar-refractivity contribution in [2.24, 2.45) is 0 Å². The smallest absolute Gasteiger partial charge is 0.261 e. The highest BCUT2D eigenvalue weighted by Crippen LogP contribution is 2.34. The molecule has 1 atom stereocenters. The van der Waals surface area contributed by atoms with Gasteiger partial charge in [-0.25, -0.2) is 0 Å². The average molecular weight is 340 g/mol. The Balaban J connectivity index is 2.09. The lowest BCUT2D eigenvalue weighted by atomic mass is 9.92. The molecular weight excluding hydrogens is 316 g/mol. The SMILES string of the molecule is CCN(CC)C(C)CN1C(=O)c2cc(N)cc3cc(N)cc(c23)C1=O. The topological polar surface area (TPSA) is 92.7 Å². The second-order valence-electron chi connectivity index (χ2n) is 6.53. The van der Waals surface area contributed by atoms with Crippen LogP contribution in [-0.4, -0.2) is 47.3 Å². The molecule has 0 fully saturated rings. The third-order valence-corrected chi connectivity index (χ3v) is 4.93. The molecule has 2 amide bonds. The van der Waals surface area contributed by atoms with Crippen molar-refractivity contribution in [3.8, 4) is 0 Å². The van der Waals surface area contributed by atoms with Crippen LogP contribution in [-0.2, 0) is 0 Å². The summed E-state index contributed by atoms with van der Waals surface area (Å²) in [6.45, 7) is 8.22. The van der Waals surface area contributed by atoms with Gasteiger partial charge in [0.1, 0.15) is 0 Å². The van der Waals surface area contributed by atoms with Crippen molar-refractivity contribution in [2.75, 3.05) is 31.1 Å². The summed E-state index contributed by atoms with van der Waals surface area (Å²) in [5, 5.41) is 1.37. The zero-order valence-corrected chi connectivity index (χ0v) is 14.9. The number of rotatable bonds is 5. The minimum absolute atomic E-state index is 0.0714. The van der Waals surface area contributed by atoms with Gasteiger partial charge >= 0.3 is 0 Å². The van der Waals surface area contributed by atoms with Crippen molar-refractivity contribution in [3.05, 3.63) is 35.4 Å². The Labute approximate surface area is 147 Å². The molecule has 0 saturated heterocycles. The van der Waals surface area contributed by atoms with Gasteiger partial charge in [-0.1, -0.05) is 13.8 Å². The summed E-state index contributed by atoms with van der Waals surface area (Å²) in [5.74, 6) is -0.586. The third-order valence-electron chi connectivity index (χ3n) is 4.93. The van der Waals surface area contributed by atoms with Crippen molar-refractivity contribution in [1.82, 2.24) is 9.80 Å². The van der Waals surface area contributed by atoms with Crippen molar-refractivity contribution >= 4 is 34.0 Å². The molecule has 0 aliphatic carbocycles. The maximum Gasteiger partial charge on any atom is 0.261 e. The van der Waals surface area contributed by atoms with E-state index in [9.17, 15) is 9.59 Å². The molecule has 4 N–H and O–H groups in total. The monoisotopic (exact) mass is 340 g/mol. The van der Waals surface area contributed by atoms with Crippen LogP contribution in [0.4, 0.5) is 11.4 Å². The summed E-state index contributed by atoms with van der Waals surface area (Å²) in [5.41, 5.74) is 13.8. The molecule has 6 nitrogen and oxygen atoms in total. The minimum Gasteiger partial charge on any atom is -0.399 e. The first kappa shape index (κ1) is 17.2. The number of hydrogen-bond acceptors (Lipinski definition) is 5. The van der Waals surface area contributed by atoms with Crippen molar-refractivity contribution in [1.29, 1.82) is 0 Å². The highest BCUT2D eigenvalue weighted by molar-refractivity contribution is 6.26. The normalized spacial score (nSPS) is 15.3. The van der Waals surface area contributed by atoms with Gasteiger partial charge in [0.15, 0.2) is 0 Å².